The van der Waals surface area contributed by atoms with Crippen LogP contribution in [-0.4, -0.2) is 55.1 Å². The van der Waals surface area contributed by atoms with Crippen molar-refractivity contribution in [2.75, 3.05) is 45.2 Å². The summed E-state index contributed by atoms with van der Waals surface area (Å²) in [5, 5.41) is 2.30. The molecule has 0 amide bonds. The van der Waals surface area contributed by atoms with Crippen LogP contribution in [0.1, 0.15) is 16.1 Å². The maximum Gasteiger partial charge on any atom is 0.0400 e. The van der Waals surface area contributed by atoms with E-state index in [2.05, 4.69) is 64.3 Å². The van der Waals surface area contributed by atoms with Gasteiger partial charge >= 0.3 is 0 Å². The van der Waals surface area contributed by atoms with E-state index in [4.69, 9.17) is 0 Å². The molecule has 0 bridgehead atoms. The Morgan fingerprint density at radius 3 is 2.65 bits per heavy atom. The zero-order chi connectivity index (χ0) is 16.2. The Bertz CT molecular complexity index is 629. The van der Waals surface area contributed by atoms with Gasteiger partial charge in [0.1, 0.15) is 0 Å². The van der Waals surface area contributed by atoms with Crippen LogP contribution in [0.2, 0.25) is 0 Å². The lowest BCUT2D eigenvalue weighted by Crippen LogP contribution is -2.45. The van der Waals surface area contributed by atoms with E-state index in [1.165, 1.54) is 16.1 Å². The maximum atomic E-state index is 4.29. The van der Waals surface area contributed by atoms with Crippen LogP contribution in [-0.2, 0) is 13.1 Å². The second kappa shape index (κ2) is 7.43. The third-order valence-corrected chi connectivity index (χ3v) is 5.17. The molecule has 0 radical (unpaired) electrons. The molecule has 2 aromatic rings. The predicted molar refractivity (Wildman–Crippen MR) is 98.2 cm³/mol. The van der Waals surface area contributed by atoms with Crippen molar-refractivity contribution in [2.45, 2.75) is 20.0 Å². The van der Waals surface area contributed by atoms with E-state index in [1.807, 2.05) is 17.5 Å². The Balaban J connectivity index is 1.52. The molecule has 2 aromatic heterocycles. The number of hydrogen-bond donors (Lipinski definition) is 0. The molecule has 1 saturated heterocycles. The molecular formula is C18H26N4S. The van der Waals surface area contributed by atoms with E-state index in [9.17, 15) is 0 Å². The monoisotopic (exact) mass is 330 g/mol. The lowest BCUT2D eigenvalue weighted by Gasteiger charge is -2.36. The van der Waals surface area contributed by atoms with Crippen LogP contribution in [0.3, 0.4) is 0 Å². The minimum absolute atomic E-state index is 1.03. The van der Waals surface area contributed by atoms with Crippen LogP contribution >= 0.6 is 11.3 Å². The quantitative estimate of drug-likeness (QED) is 0.841. The summed E-state index contributed by atoms with van der Waals surface area (Å²) in [5.74, 6) is 0. The number of nitrogens with zero attached hydrogens (tertiary/aromatic N) is 4. The number of hydrogen-bond acceptors (Lipinski definition) is 5. The fraction of sp³-hybridized carbons (Fsp3) is 0.500. The topological polar surface area (TPSA) is 22.6 Å². The highest BCUT2D eigenvalue weighted by atomic mass is 32.1. The van der Waals surface area contributed by atoms with Gasteiger partial charge in [-0.2, -0.15) is 0 Å². The van der Waals surface area contributed by atoms with Gasteiger partial charge in [-0.05, 0) is 50.2 Å². The SMILES string of the molecule is Cc1cc(N2CCN(Cc3cc(CN(C)C)cs3)CC2)ccn1. The van der Waals surface area contributed by atoms with Crippen LogP contribution in [0.5, 0.6) is 0 Å². The molecule has 0 aromatic carbocycles. The maximum absolute atomic E-state index is 4.29. The summed E-state index contributed by atoms with van der Waals surface area (Å²) in [4.78, 5) is 13.0. The fourth-order valence-corrected chi connectivity index (χ4v) is 3.99. The highest BCUT2D eigenvalue weighted by Gasteiger charge is 2.18. The van der Waals surface area contributed by atoms with Crippen molar-refractivity contribution in [1.82, 2.24) is 14.8 Å². The lowest BCUT2D eigenvalue weighted by atomic mass is 10.2. The summed E-state index contributed by atoms with van der Waals surface area (Å²) in [6, 6.07) is 6.67. The smallest absolute Gasteiger partial charge is 0.0400 e. The number of aromatic nitrogens is 1. The second-order valence-corrected chi connectivity index (χ2v) is 7.57. The normalized spacial score (nSPS) is 16.3. The van der Waals surface area contributed by atoms with Gasteiger partial charge in [0.05, 0.1) is 0 Å². The van der Waals surface area contributed by atoms with Gasteiger partial charge in [0.2, 0.25) is 0 Å². The summed E-state index contributed by atoms with van der Waals surface area (Å²) in [7, 11) is 4.24. The number of anilines is 1. The number of pyridine rings is 1. The first-order valence-electron chi connectivity index (χ1n) is 8.21. The average molecular weight is 331 g/mol. The first-order valence-corrected chi connectivity index (χ1v) is 9.09. The number of rotatable bonds is 5. The van der Waals surface area contributed by atoms with Gasteiger partial charge in [0.25, 0.3) is 0 Å². The van der Waals surface area contributed by atoms with Gasteiger partial charge in [-0.25, -0.2) is 0 Å². The highest BCUT2D eigenvalue weighted by molar-refractivity contribution is 7.10. The average Bonchev–Trinajstić information content (AvgIpc) is 2.94. The van der Waals surface area contributed by atoms with Gasteiger partial charge < -0.3 is 9.80 Å². The van der Waals surface area contributed by atoms with Gasteiger partial charge in [0.15, 0.2) is 0 Å². The van der Waals surface area contributed by atoms with Crippen LogP contribution in [0.15, 0.2) is 29.8 Å². The highest BCUT2D eigenvalue weighted by Crippen LogP contribution is 2.20. The van der Waals surface area contributed by atoms with E-state index in [0.717, 1.165) is 45.0 Å². The molecule has 23 heavy (non-hydrogen) atoms. The zero-order valence-electron chi connectivity index (χ0n) is 14.3. The summed E-state index contributed by atoms with van der Waals surface area (Å²) < 4.78 is 0. The first kappa shape index (κ1) is 16.4. The summed E-state index contributed by atoms with van der Waals surface area (Å²) in [6.45, 7) is 8.62. The van der Waals surface area contributed by atoms with Crippen molar-refractivity contribution in [3.63, 3.8) is 0 Å². The van der Waals surface area contributed by atoms with E-state index < -0.39 is 0 Å². The molecule has 3 rings (SSSR count). The lowest BCUT2D eigenvalue weighted by molar-refractivity contribution is 0.252. The van der Waals surface area contributed by atoms with Gasteiger partial charge in [-0.1, -0.05) is 0 Å². The van der Waals surface area contributed by atoms with Crippen molar-refractivity contribution in [1.29, 1.82) is 0 Å². The van der Waals surface area contributed by atoms with Crippen molar-refractivity contribution in [2.24, 2.45) is 0 Å². The molecule has 0 spiro atoms. The molecular weight excluding hydrogens is 304 g/mol. The minimum atomic E-state index is 1.03. The molecule has 1 aliphatic heterocycles. The molecule has 124 valence electrons. The second-order valence-electron chi connectivity index (χ2n) is 6.58. The van der Waals surface area contributed by atoms with Crippen molar-refractivity contribution in [3.05, 3.63) is 45.9 Å². The Kier molecular flexibility index (Phi) is 5.30. The Hall–Kier alpha value is -1.43. The van der Waals surface area contributed by atoms with Crippen LogP contribution in [0.25, 0.3) is 0 Å². The van der Waals surface area contributed by atoms with Crippen LogP contribution < -0.4 is 4.90 Å². The van der Waals surface area contributed by atoms with Gasteiger partial charge in [-0.3, -0.25) is 9.88 Å². The van der Waals surface area contributed by atoms with Crippen molar-refractivity contribution < 1.29 is 0 Å². The Morgan fingerprint density at radius 2 is 1.96 bits per heavy atom. The number of piperazine rings is 1. The van der Waals surface area contributed by atoms with Crippen molar-refractivity contribution in [3.8, 4) is 0 Å². The Morgan fingerprint density at radius 1 is 1.17 bits per heavy atom. The first-order chi connectivity index (χ1) is 11.1. The molecule has 0 saturated carbocycles. The van der Waals surface area contributed by atoms with E-state index in [1.54, 1.807) is 0 Å². The zero-order valence-corrected chi connectivity index (χ0v) is 15.1. The molecule has 4 nitrogen and oxygen atoms in total. The largest absolute Gasteiger partial charge is 0.369 e. The third-order valence-electron chi connectivity index (χ3n) is 4.20. The van der Waals surface area contributed by atoms with Crippen LogP contribution in [0, 0.1) is 6.92 Å². The molecule has 1 fully saturated rings. The molecule has 0 N–H and O–H groups in total. The van der Waals surface area contributed by atoms with E-state index in [-0.39, 0.29) is 0 Å². The molecule has 1 aliphatic rings. The van der Waals surface area contributed by atoms with Crippen molar-refractivity contribution >= 4 is 17.0 Å². The summed E-state index contributed by atoms with van der Waals surface area (Å²) >= 11 is 1.89. The van der Waals surface area contributed by atoms with Gasteiger partial charge in [-0.15, -0.1) is 11.3 Å². The summed E-state index contributed by atoms with van der Waals surface area (Å²) in [5.41, 5.74) is 3.83. The minimum Gasteiger partial charge on any atom is -0.369 e. The molecule has 0 aliphatic carbocycles. The van der Waals surface area contributed by atoms with Gasteiger partial charge in [0, 0.05) is 61.7 Å². The van der Waals surface area contributed by atoms with Crippen LogP contribution in [0.4, 0.5) is 5.69 Å². The molecule has 5 heteroatoms. The molecule has 0 atom stereocenters. The number of aryl methyl sites for hydroxylation is 1. The van der Waals surface area contributed by atoms with E-state index in [0.29, 0.717) is 0 Å². The molecule has 3 heterocycles. The Labute approximate surface area is 143 Å². The number of thiophene rings is 1. The third kappa shape index (κ3) is 4.53. The summed E-state index contributed by atoms with van der Waals surface area (Å²) in [6.07, 6.45) is 1.91. The fourth-order valence-electron chi connectivity index (χ4n) is 3.07. The predicted octanol–water partition coefficient (Wildman–Crippen LogP) is 2.84. The van der Waals surface area contributed by atoms with E-state index >= 15 is 0 Å². The standard InChI is InChI=1S/C18H26N4S/c1-15-10-17(4-5-19-15)22-8-6-21(7-9-22)13-18-11-16(14-23-18)12-20(2)3/h4-5,10-11,14H,6-9,12-13H2,1-3H3. The molecule has 0 unspecified atom stereocenters.